The van der Waals surface area contributed by atoms with E-state index in [4.69, 9.17) is 5.73 Å². The van der Waals surface area contributed by atoms with Crippen molar-refractivity contribution >= 4 is 11.7 Å². The van der Waals surface area contributed by atoms with Crippen molar-refractivity contribution in [3.8, 4) is 0 Å². The van der Waals surface area contributed by atoms with E-state index >= 15 is 0 Å². The number of nitrogen functional groups attached to an aromatic ring is 1. The van der Waals surface area contributed by atoms with Gasteiger partial charge in [0.25, 0.3) is 5.91 Å². The zero-order valence-corrected chi connectivity index (χ0v) is 8.74. The number of carbonyl (C=O) groups excluding carboxylic acids is 1. The quantitative estimate of drug-likeness (QED) is 0.740. The van der Waals surface area contributed by atoms with Crippen LogP contribution in [0.5, 0.6) is 0 Å². The molecule has 1 amide bonds. The normalized spacial score (nSPS) is 12.5. The summed E-state index contributed by atoms with van der Waals surface area (Å²) in [5.41, 5.74) is 5.93. The number of aromatic nitrogens is 2. The monoisotopic (exact) mass is 196 g/mol. The van der Waals surface area contributed by atoms with Gasteiger partial charge in [-0.15, -0.1) is 0 Å². The maximum Gasteiger partial charge on any atom is 0.272 e. The number of carbonyl (C=O) groups is 1. The first kappa shape index (κ1) is 10.6. The molecule has 0 saturated heterocycles. The first-order valence-corrected chi connectivity index (χ1v) is 4.65. The summed E-state index contributed by atoms with van der Waals surface area (Å²) >= 11 is 0. The highest BCUT2D eigenvalue weighted by Gasteiger charge is 2.12. The van der Waals surface area contributed by atoms with Crippen molar-refractivity contribution < 1.29 is 4.79 Å². The van der Waals surface area contributed by atoms with Crippen LogP contribution in [-0.4, -0.2) is 21.7 Å². The van der Waals surface area contributed by atoms with Gasteiger partial charge in [0.1, 0.15) is 5.82 Å². The Morgan fingerprint density at radius 2 is 2.43 bits per heavy atom. The second kappa shape index (κ2) is 4.13. The average molecular weight is 196 g/mol. The fourth-order valence-electron chi connectivity index (χ4n) is 0.992. The summed E-state index contributed by atoms with van der Waals surface area (Å²) in [6, 6.07) is 1.73. The summed E-state index contributed by atoms with van der Waals surface area (Å²) in [5.74, 6) is 0.311. The molecule has 0 aliphatic carbocycles. The van der Waals surface area contributed by atoms with Crippen molar-refractivity contribution in [1.29, 1.82) is 0 Å². The highest BCUT2D eigenvalue weighted by atomic mass is 16.2. The summed E-state index contributed by atoms with van der Waals surface area (Å²) < 4.78 is 1.48. The van der Waals surface area contributed by atoms with Crippen LogP contribution < -0.4 is 11.1 Å². The number of aryl methyl sites for hydroxylation is 1. The van der Waals surface area contributed by atoms with E-state index in [1.165, 1.54) is 4.68 Å². The van der Waals surface area contributed by atoms with Gasteiger partial charge in [-0.2, -0.15) is 5.10 Å². The van der Waals surface area contributed by atoms with Gasteiger partial charge in [0.2, 0.25) is 0 Å². The molecule has 0 aromatic carbocycles. The lowest BCUT2D eigenvalue weighted by atomic mass is 10.2. The number of nitrogens with one attached hydrogen (secondary N) is 1. The van der Waals surface area contributed by atoms with Gasteiger partial charge in [-0.1, -0.05) is 6.92 Å². The van der Waals surface area contributed by atoms with Crippen molar-refractivity contribution in [1.82, 2.24) is 15.1 Å². The van der Waals surface area contributed by atoms with Gasteiger partial charge < -0.3 is 11.1 Å². The molecule has 0 unspecified atom stereocenters. The van der Waals surface area contributed by atoms with Crippen LogP contribution in [0.4, 0.5) is 5.82 Å². The molecule has 1 aromatic rings. The third kappa shape index (κ3) is 2.25. The summed E-state index contributed by atoms with van der Waals surface area (Å²) in [7, 11) is 1.70. The predicted octanol–water partition coefficient (Wildman–Crippen LogP) is 0.531. The number of hydrogen-bond acceptors (Lipinski definition) is 3. The lowest BCUT2D eigenvalue weighted by Crippen LogP contribution is -2.32. The molecule has 1 aromatic heterocycles. The van der Waals surface area contributed by atoms with Gasteiger partial charge in [-0.05, 0) is 13.3 Å². The Labute approximate surface area is 83.3 Å². The minimum atomic E-state index is -0.174. The van der Waals surface area contributed by atoms with Crippen LogP contribution in [0.3, 0.4) is 0 Å². The summed E-state index contributed by atoms with van der Waals surface area (Å²) in [6.45, 7) is 3.96. The van der Waals surface area contributed by atoms with Gasteiger partial charge in [0, 0.05) is 19.2 Å². The van der Waals surface area contributed by atoms with Crippen molar-refractivity contribution in [2.45, 2.75) is 26.3 Å². The topological polar surface area (TPSA) is 72.9 Å². The van der Waals surface area contributed by atoms with E-state index in [1.807, 2.05) is 13.8 Å². The maximum absolute atomic E-state index is 11.5. The van der Waals surface area contributed by atoms with E-state index in [0.717, 1.165) is 6.42 Å². The average Bonchev–Trinajstić information content (AvgIpc) is 2.47. The molecular weight excluding hydrogens is 180 g/mol. The van der Waals surface area contributed by atoms with E-state index in [2.05, 4.69) is 10.4 Å². The van der Waals surface area contributed by atoms with Crippen LogP contribution in [0.25, 0.3) is 0 Å². The number of nitrogens with zero attached hydrogens (tertiary/aromatic N) is 2. The Kier molecular flexibility index (Phi) is 3.11. The van der Waals surface area contributed by atoms with Crippen molar-refractivity contribution in [2.75, 3.05) is 5.73 Å². The second-order valence-corrected chi connectivity index (χ2v) is 3.36. The fourth-order valence-corrected chi connectivity index (χ4v) is 0.992. The van der Waals surface area contributed by atoms with Gasteiger partial charge >= 0.3 is 0 Å². The molecular formula is C9H16N4O. The number of nitrogens with two attached hydrogens (primary N) is 1. The molecule has 0 spiro atoms. The molecule has 0 aliphatic heterocycles. The SMILES string of the molecule is CC[C@H](C)NC(=O)c1cc(N)n(C)n1. The molecule has 5 heteroatoms. The molecule has 1 rings (SSSR count). The van der Waals surface area contributed by atoms with Crippen LogP contribution in [0.2, 0.25) is 0 Å². The highest BCUT2D eigenvalue weighted by molar-refractivity contribution is 5.93. The summed E-state index contributed by atoms with van der Waals surface area (Å²) in [4.78, 5) is 11.5. The van der Waals surface area contributed by atoms with E-state index in [-0.39, 0.29) is 11.9 Å². The molecule has 1 atom stereocenters. The molecule has 0 bridgehead atoms. The van der Waals surface area contributed by atoms with E-state index in [0.29, 0.717) is 11.5 Å². The van der Waals surface area contributed by atoms with Crippen molar-refractivity contribution in [3.05, 3.63) is 11.8 Å². The lowest BCUT2D eigenvalue weighted by Gasteiger charge is -2.09. The maximum atomic E-state index is 11.5. The van der Waals surface area contributed by atoms with Crippen molar-refractivity contribution in [3.63, 3.8) is 0 Å². The third-order valence-corrected chi connectivity index (χ3v) is 2.14. The first-order chi connectivity index (χ1) is 6.54. The summed E-state index contributed by atoms with van der Waals surface area (Å²) in [6.07, 6.45) is 0.897. The fraction of sp³-hybridized carbons (Fsp3) is 0.556. The highest BCUT2D eigenvalue weighted by Crippen LogP contribution is 2.04. The van der Waals surface area contributed by atoms with Gasteiger partial charge in [-0.3, -0.25) is 9.48 Å². The Morgan fingerprint density at radius 1 is 1.79 bits per heavy atom. The molecule has 1 heterocycles. The molecule has 0 fully saturated rings. The van der Waals surface area contributed by atoms with Gasteiger partial charge in [-0.25, -0.2) is 0 Å². The Morgan fingerprint density at radius 3 is 2.86 bits per heavy atom. The Hall–Kier alpha value is -1.52. The molecule has 5 nitrogen and oxygen atoms in total. The van der Waals surface area contributed by atoms with Crippen LogP contribution in [0, 0.1) is 0 Å². The zero-order valence-electron chi connectivity index (χ0n) is 8.74. The molecule has 0 radical (unpaired) electrons. The number of anilines is 1. The van der Waals surface area contributed by atoms with E-state index < -0.39 is 0 Å². The van der Waals surface area contributed by atoms with E-state index in [1.54, 1.807) is 13.1 Å². The molecule has 0 saturated carbocycles. The minimum Gasteiger partial charge on any atom is -0.384 e. The lowest BCUT2D eigenvalue weighted by molar-refractivity contribution is 0.0933. The standard InChI is InChI=1S/C9H16N4O/c1-4-6(2)11-9(14)7-5-8(10)13(3)12-7/h5-6H,4,10H2,1-3H3,(H,11,14)/t6-/m0/s1. The smallest absolute Gasteiger partial charge is 0.272 e. The molecule has 14 heavy (non-hydrogen) atoms. The number of hydrogen-bond donors (Lipinski definition) is 2. The third-order valence-electron chi connectivity index (χ3n) is 2.14. The number of amides is 1. The Balaban J connectivity index is 2.70. The van der Waals surface area contributed by atoms with Crippen molar-refractivity contribution in [2.24, 2.45) is 7.05 Å². The van der Waals surface area contributed by atoms with Gasteiger partial charge in [0.05, 0.1) is 0 Å². The minimum absolute atomic E-state index is 0.158. The summed E-state index contributed by atoms with van der Waals surface area (Å²) in [5, 5.41) is 6.79. The zero-order chi connectivity index (χ0) is 10.7. The van der Waals surface area contributed by atoms with Crippen LogP contribution >= 0.6 is 0 Å². The van der Waals surface area contributed by atoms with Crippen LogP contribution in [-0.2, 0) is 7.05 Å². The van der Waals surface area contributed by atoms with Crippen LogP contribution in [0.15, 0.2) is 6.07 Å². The predicted molar refractivity (Wildman–Crippen MR) is 54.8 cm³/mol. The largest absolute Gasteiger partial charge is 0.384 e. The Bertz CT molecular complexity index is 312. The second-order valence-electron chi connectivity index (χ2n) is 3.36. The van der Waals surface area contributed by atoms with E-state index in [9.17, 15) is 4.79 Å². The van der Waals surface area contributed by atoms with Gasteiger partial charge in [0.15, 0.2) is 5.69 Å². The van der Waals surface area contributed by atoms with Crippen LogP contribution in [0.1, 0.15) is 30.8 Å². The first-order valence-electron chi connectivity index (χ1n) is 4.65. The molecule has 78 valence electrons. The molecule has 0 aliphatic rings. The molecule has 3 N–H and O–H groups in total. The number of rotatable bonds is 3.